The second-order valence-corrected chi connectivity index (χ2v) is 4.72. The zero-order valence-corrected chi connectivity index (χ0v) is 10.4. The summed E-state index contributed by atoms with van der Waals surface area (Å²) in [5.41, 5.74) is 7.02. The third-order valence-electron chi connectivity index (χ3n) is 3.41. The van der Waals surface area contributed by atoms with Crippen molar-refractivity contribution >= 4 is 23.2 Å². The number of hydrogen-bond donors (Lipinski definition) is 2. The van der Waals surface area contributed by atoms with Crippen LogP contribution in [-0.4, -0.2) is 31.0 Å². The molecule has 0 saturated carbocycles. The molecule has 1 aromatic carbocycles. The van der Waals surface area contributed by atoms with Gasteiger partial charge in [0.15, 0.2) is 0 Å². The SMILES string of the molecule is Nc1ccc2c(c1)OCCN2C(=O)C1CCC(=O)N1. The Morgan fingerprint density at radius 3 is 3.05 bits per heavy atom. The maximum absolute atomic E-state index is 12.4. The molecule has 0 aromatic heterocycles. The van der Waals surface area contributed by atoms with Gasteiger partial charge in [0.05, 0.1) is 12.2 Å². The van der Waals surface area contributed by atoms with Crippen molar-refractivity contribution in [2.45, 2.75) is 18.9 Å². The van der Waals surface area contributed by atoms with Gasteiger partial charge in [-0.1, -0.05) is 0 Å². The number of nitrogens with one attached hydrogen (secondary N) is 1. The third-order valence-corrected chi connectivity index (χ3v) is 3.41. The molecule has 6 heteroatoms. The molecular weight excluding hydrogens is 246 g/mol. The topological polar surface area (TPSA) is 84.7 Å². The van der Waals surface area contributed by atoms with Crippen molar-refractivity contribution in [1.82, 2.24) is 5.32 Å². The van der Waals surface area contributed by atoms with E-state index >= 15 is 0 Å². The molecule has 0 radical (unpaired) electrons. The summed E-state index contributed by atoms with van der Waals surface area (Å²) in [5.74, 6) is 0.466. The lowest BCUT2D eigenvalue weighted by Gasteiger charge is -2.31. The highest BCUT2D eigenvalue weighted by Gasteiger charge is 2.33. The number of ether oxygens (including phenoxy) is 1. The van der Waals surface area contributed by atoms with Gasteiger partial charge < -0.3 is 20.7 Å². The number of rotatable bonds is 1. The van der Waals surface area contributed by atoms with Crippen molar-refractivity contribution in [1.29, 1.82) is 0 Å². The smallest absolute Gasteiger partial charge is 0.249 e. The van der Waals surface area contributed by atoms with Crippen LogP contribution in [0.1, 0.15) is 12.8 Å². The van der Waals surface area contributed by atoms with Crippen LogP contribution in [-0.2, 0) is 9.59 Å². The number of nitrogens with zero attached hydrogens (tertiary/aromatic N) is 1. The summed E-state index contributed by atoms with van der Waals surface area (Å²) in [6, 6.07) is 4.80. The number of amides is 2. The van der Waals surface area contributed by atoms with E-state index in [4.69, 9.17) is 10.5 Å². The Hall–Kier alpha value is -2.24. The van der Waals surface area contributed by atoms with Crippen LogP contribution < -0.4 is 20.7 Å². The zero-order chi connectivity index (χ0) is 13.4. The van der Waals surface area contributed by atoms with E-state index < -0.39 is 6.04 Å². The molecule has 1 unspecified atom stereocenters. The van der Waals surface area contributed by atoms with Crippen molar-refractivity contribution in [2.75, 3.05) is 23.8 Å². The summed E-state index contributed by atoms with van der Waals surface area (Å²) in [6.07, 6.45) is 0.967. The Bertz CT molecular complexity index is 544. The van der Waals surface area contributed by atoms with E-state index in [0.717, 1.165) is 0 Å². The Labute approximate surface area is 110 Å². The first-order valence-electron chi connectivity index (χ1n) is 6.28. The Morgan fingerprint density at radius 2 is 2.32 bits per heavy atom. The van der Waals surface area contributed by atoms with Crippen molar-refractivity contribution in [3.63, 3.8) is 0 Å². The molecule has 1 atom stereocenters. The predicted octanol–water partition coefficient (Wildman–Crippen LogP) is 0.273. The minimum absolute atomic E-state index is 0.0656. The second kappa shape index (κ2) is 4.46. The number of anilines is 2. The number of benzene rings is 1. The van der Waals surface area contributed by atoms with Crippen LogP contribution in [0, 0.1) is 0 Å². The molecule has 19 heavy (non-hydrogen) atoms. The lowest BCUT2D eigenvalue weighted by atomic mass is 10.1. The lowest BCUT2D eigenvalue weighted by Crippen LogP contribution is -2.47. The van der Waals surface area contributed by atoms with E-state index in [1.54, 1.807) is 23.1 Å². The van der Waals surface area contributed by atoms with Crippen molar-refractivity contribution in [2.24, 2.45) is 0 Å². The van der Waals surface area contributed by atoms with Crippen LogP contribution in [0.4, 0.5) is 11.4 Å². The van der Waals surface area contributed by atoms with Crippen LogP contribution in [0.25, 0.3) is 0 Å². The Morgan fingerprint density at radius 1 is 1.47 bits per heavy atom. The molecule has 1 fully saturated rings. The molecule has 2 amide bonds. The molecule has 2 heterocycles. The van der Waals surface area contributed by atoms with Crippen LogP contribution in [0.5, 0.6) is 5.75 Å². The molecule has 2 aliphatic rings. The molecule has 1 aromatic rings. The van der Waals surface area contributed by atoms with Crippen molar-refractivity contribution in [3.8, 4) is 5.75 Å². The Kier molecular flexibility index (Phi) is 2.77. The first-order valence-corrected chi connectivity index (χ1v) is 6.28. The van der Waals surface area contributed by atoms with Gasteiger partial charge in [0.1, 0.15) is 18.4 Å². The highest BCUT2D eigenvalue weighted by Crippen LogP contribution is 2.34. The van der Waals surface area contributed by atoms with Crippen LogP contribution in [0.3, 0.4) is 0 Å². The van der Waals surface area contributed by atoms with E-state index in [1.807, 2.05) is 0 Å². The standard InChI is InChI=1S/C13H15N3O3/c14-8-1-3-10-11(7-8)19-6-5-16(10)13(18)9-2-4-12(17)15-9/h1,3,7,9H,2,4-6,14H2,(H,15,17). The van der Waals surface area contributed by atoms with Gasteiger partial charge in [0, 0.05) is 18.2 Å². The molecule has 0 aliphatic carbocycles. The number of hydrogen-bond acceptors (Lipinski definition) is 4. The van der Waals surface area contributed by atoms with Gasteiger partial charge in [-0.25, -0.2) is 0 Å². The number of carbonyl (C=O) groups excluding carboxylic acids is 2. The van der Waals surface area contributed by atoms with Gasteiger partial charge in [-0.3, -0.25) is 9.59 Å². The molecule has 2 aliphatic heterocycles. The quantitative estimate of drug-likeness (QED) is 0.711. The minimum Gasteiger partial charge on any atom is -0.489 e. The number of fused-ring (bicyclic) bond motifs is 1. The largest absolute Gasteiger partial charge is 0.489 e. The number of carbonyl (C=O) groups is 2. The van der Waals surface area contributed by atoms with Crippen LogP contribution in [0.15, 0.2) is 18.2 Å². The van der Waals surface area contributed by atoms with Crippen molar-refractivity contribution < 1.29 is 14.3 Å². The van der Waals surface area contributed by atoms with Gasteiger partial charge in [0.25, 0.3) is 0 Å². The summed E-state index contributed by atoms with van der Waals surface area (Å²) >= 11 is 0. The fourth-order valence-corrected chi connectivity index (χ4v) is 2.45. The highest BCUT2D eigenvalue weighted by molar-refractivity contribution is 6.02. The molecule has 3 rings (SSSR count). The third kappa shape index (κ3) is 2.09. The van der Waals surface area contributed by atoms with E-state index in [9.17, 15) is 9.59 Å². The molecule has 1 saturated heterocycles. The monoisotopic (exact) mass is 261 g/mol. The van der Waals surface area contributed by atoms with Gasteiger partial charge in [-0.05, 0) is 18.6 Å². The predicted molar refractivity (Wildman–Crippen MR) is 69.9 cm³/mol. The second-order valence-electron chi connectivity index (χ2n) is 4.72. The average molecular weight is 261 g/mol. The first kappa shape index (κ1) is 11.8. The van der Waals surface area contributed by atoms with Crippen LogP contribution in [0.2, 0.25) is 0 Å². The van der Waals surface area contributed by atoms with Crippen LogP contribution >= 0.6 is 0 Å². The summed E-state index contributed by atoms with van der Waals surface area (Å²) in [7, 11) is 0. The number of nitrogens with two attached hydrogens (primary N) is 1. The van der Waals surface area contributed by atoms with Gasteiger partial charge in [-0.2, -0.15) is 0 Å². The Balaban J connectivity index is 1.87. The molecule has 100 valence electrons. The highest BCUT2D eigenvalue weighted by atomic mass is 16.5. The summed E-state index contributed by atoms with van der Waals surface area (Å²) in [4.78, 5) is 25.3. The van der Waals surface area contributed by atoms with Gasteiger partial charge >= 0.3 is 0 Å². The molecule has 6 nitrogen and oxygen atoms in total. The number of nitrogen functional groups attached to an aromatic ring is 1. The fraction of sp³-hybridized carbons (Fsp3) is 0.385. The average Bonchev–Trinajstić information content (AvgIpc) is 2.83. The molecular formula is C13H15N3O3. The van der Waals surface area contributed by atoms with Crippen molar-refractivity contribution in [3.05, 3.63) is 18.2 Å². The maximum atomic E-state index is 12.4. The molecule has 0 spiro atoms. The first-order chi connectivity index (χ1) is 9.15. The van der Waals surface area contributed by atoms with Gasteiger partial charge in [-0.15, -0.1) is 0 Å². The zero-order valence-electron chi connectivity index (χ0n) is 10.4. The molecule has 3 N–H and O–H groups in total. The summed E-state index contributed by atoms with van der Waals surface area (Å²) in [5, 5.41) is 2.70. The van der Waals surface area contributed by atoms with E-state index in [0.29, 0.717) is 43.1 Å². The van der Waals surface area contributed by atoms with E-state index in [2.05, 4.69) is 5.32 Å². The molecule has 0 bridgehead atoms. The maximum Gasteiger partial charge on any atom is 0.249 e. The normalized spacial score (nSPS) is 21.6. The summed E-state index contributed by atoms with van der Waals surface area (Å²) < 4.78 is 5.51. The fourth-order valence-electron chi connectivity index (χ4n) is 2.45. The van der Waals surface area contributed by atoms with E-state index in [-0.39, 0.29) is 11.8 Å². The van der Waals surface area contributed by atoms with Gasteiger partial charge in [0.2, 0.25) is 11.8 Å². The lowest BCUT2D eigenvalue weighted by molar-refractivity contribution is -0.124. The minimum atomic E-state index is -0.420. The van der Waals surface area contributed by atoms with E-state index in [1.165, 1.54) is 0 Å². The summed E-state index contributed by atoms with van der Waals surface area (Å²) in [6.45, 7) is 0.922.